The summed E-state index contributed by atoms with van der Waals surface area (Å²) < 4.78 is 0. The SMILES string of the molecule is NCc1ccc2c(c1)C1(c3ccccc3-2)c2ccccc2C2(c3ccccc3-c3ccccc32)c2ccccc21. The van der Waals surface area contributed by atoms with Gasteiger partial charge in [-0.25, -0.2) is 0 Å². The number of fused-ring (bicyclic) bond motifs is 16. The average Bonchev–Trinajstić information content (AvgIpc) is 3.49. The summed E-state index contributed by atoms with van der Waals surface area (Å²) in [7, 11) is 0. The molecule has 0 atom stereocenters. The Bertz CT molecular complexity index is 1920. The fourth-order valence-electron chi connectivity index (χ4n) is 8.41. The van der Waals surface area contributed by atoms with Gasteiger partial charge < -0.3 is 5.73 Å². The van der Waals surface area contributed by atoms with Crippen LogP contribution < -0.4 is 5.73 Å². The molecule has 0 heterocycles. The van der Waals surface area contributed by atoms with Gasteiger partial charge in [-0.3, -0.25) is 0 Å². The van der Waals surface area contributed by atoms with E-state index < -0.39 is 10.8 Å². The van der Waals surface area contributed by atoms with Gasteiger partial charge in [0, 0.05) is 6.54 Å². The molecule has 0 unspecified atom stereocenters. The van der Waals surface area contributed by atoms with E-state index in [1.165, 1.54) is 66.8 Å². The largest absolute Gasteiger partial charge is 0.326 e. The normalized spacial score (nSPS) is 15.6. The Hall–Kier alpha value is -4.72. The number of benzene rings is 6. The third kappa shape index (κ3) is 2.36. The fraction of sp³-hybridized carbons (Fsp3) is 0.0769. The lowest BCUT2D eigenvalue weighted by molar-refractivity contribution is 0.632. The molecule has 0 fully saturated rings. The molecule has 2 N–H and O–H groups in total. The molecule has 188 valence electrons. The van der Waals surface area contributed by atoms with E-state index in [0.717, 1.165) is 5.56 Å². The van der Waals surface area contributed by atoms with Gasteiger partial charge in [0.05, 0.1) is 10.8 Å². The Morgan fingerprint density at radius 2 is 0.675 bits per heavy atom. The molecule has 0 aromatic heterocycles. The maximum Gasteiger partial charge on any atom is 0.0720 e. The summed E-state index contributed by atoms with van der Waals surface area (Å²) in [6.07, 6.45) is 0. The quantitative estimate of drug-likeness (QED) is 0.237. The van der Waals surface area contributed by atoms with Crippen molar-refractivity contribution in [3.05, 3.63) is 190 Å². The summed E-state index contributed by atoms with van der Waals surface area (Å²) in [6.45, 7) is 0.522. The van der Waals surface area contributed by atoms with Gasteiger partial charge in [-0.15, -0.1) is 0 Å². The number of rotatable bonds is 1. The first kappa shape index (κ1) is 22.1. The zero-order valence-corrected chi connectivity index (χ0v) is 22.1. The van der Waals surface area contributed by atoms with E-state index in [2.05, 4.69) is 140 Å². The van der Waals surface area contributed by atoms with Crippen LogP contribution in [0.5, 0.6) is 0 Å². The summed E-state index contributed by atoms with van der Waals surface area (Å²) in [5.74, 6) is 0. The summed E-state index contributed by atoms with van der Waals surface area (Å²) >= 11 is 0. The minimum atomic E-state index is -0.429. The van der Waals surface area contributed by atoms with E-state index in [9.17, 15) is 0 Å². The highest BCUT2D eigenvalue weighted by Crippen LogP contribution is 2.67. The van der Waals surface area contributed by atoms with Gasteiger partial charge in [-0.2, -0.15) is 0 Å². The average molecular weight is 510 g/mol. The van der Waals surface area contributed by atoms with Crippen molar-refractivity contribution in [1.29, 1.82) is 0 Å². The Morgan fingerprint density at radius 1 is 0.350 bits per heavy atom. The second-order valence-corrected chi connectivity index (χ2v) is 11.3. The molecule has 3 aliphatic rings. The molecule has 2 spiro atoms. The van der Waals surface area contributed by atoms with Crippen molar-refractivity contribution >= 4 is 0 Å². The second-order valence-electron chi connectivity index (χ2n) is 11.3. The van der Waals surface area contributed by atoms with Crippen molar-refractivity contribution in [3.63, 3.8) is 0 Å². The molecule has 0 saturated carbocycles. The highest BCUT2D eigenvalue weighted by molar-refractivity contribution is 5.93. The minimum Gasteiger partial charge on any atom is -0.326 e. The van der Waals surface area contributed by atoms with Crippen molar-refractivity contribution in [3.8, 4) is 22.3 Å². The van der Waals surface area contributed by atoms with Crippen molar-refractivity contribution in [2.75, 3.05) is 0 Å². The Labute approximate surface area is 234 Å². The lowest BCUT2D eigenvalue weighted by atomic mass is 9.52. The molecule has 1 heteroatoms. The third-order valence-corrected chi connectivity index (χ3v) is 9.77. The molecule has 6 aromatic carbocycles. The molecule has 0 radical (unpaired) electrons. The van der Waals surface area contributed by atoms with Crippen LogP contribution in [0.1, 0.15) is 50.1 Å². The maximum absolute atomic E-state index is 6.26. The lowest BCUT2D eigenvalue weighted by Crippen LogP contribution is -2.43. The molecular weight excluding hydrogens is 482 g/mol. The summed E-state index contributed by atoms with van der Waals surface area (Å²) in [5.41, 5.74) is 22.8. The second kappa shape index (κ2) is 7.69. The van der Waals surface area contributed by atoms with Gasteiger partial charge in [0.2, 0.25) is 0 Å². The van der Waals surface area contributed by atoms with Gasteiger partial charge >= 0.3 is 0 Å². The van der Waals surface area contributed by atoms with Gasteiger partial charge in [-0.05, 0) is 72.3 Å². The first-order valence-electron chi connectivity index (χ1n) is 14.1. The molecule has 0 aliphatic heterocycles. The Balaban J connectivity index is 1.52. The topological polar surface area (TPSA) is 26.0 Å². The Morgan fingerprint density at radius 3 is 1.07 bits per heavy atom. The predicted octanol–water partition coefficient (Wildman–Crippen LogP) is 8.18. The monoisotopic (exact) mass is 509 g/mol. The molecule has 40 heavy (non-hydrogen) atoms. The summed E-state index contributed by atoms with van der Waals surface area (Å²) in [6, 6.07) is 52.4. The van der Waals surface area contributed by atoms with E-state index >= 15 is 0 Å². The highest BCUT2D eigenvalue weighted by atomic mass is 14.6. The van der Waals surface area contributed by atoms with Crippen molar-refractivity contribution in [1.82, 2.24) is 0 Å². The van der Waals surface area contributed by atoms with Gasteiger partial charge in [-0.1, -0.05) is 140 Å². The van der Waals surface area contributed by atoms with Crippen LogP contribution in [0.4, 0.5) is 0 Å². The smallest absolute Gasteiger partial charge is 0.0720 e. The predicted molar refractivity (Wildman–Crippen MR) is 162 cm³/mol. The van der Waals surface area contributed by atoms with E-state index in [0.29, 0.717) is 6.54 Å². The zero-order valence-electron chi connectivity index (χ0n) is 22.1. The van der Waals surface area contributed by atoms with Crippen LogP contribution in [-0.4, -0.2) is 0 Å². The molecule has 6 aromatic rings. The molecule has 1 nitrogen and oxygen atoms in total. The summed E-state index contributed by atoms with van der Waals surface area (Å²) in [5, 5.41) is 0. The van der Waals surface area contributed by atoms with Crippen LogP contribution in [0.15, 0.2) is 140 Å². The van der Waals surface area contributed by atoms with E-state index in [1.54, 1.807) is 0 Å². The van der Waals surface area contributed by atoms with Crippen LogP contribution in [-0.2, 0) is 17.4 Å². The zero-order chi connectivity index (χ0) is 26.5. The van der Waals surface area contributed by atoms with Crippen LogP contribution in [0.25, 0.3) is 22.3 Å². The van der Waals surface area contributed by atoms with Crippen LogP contribution in [0.2, 0.25) is 0 Å². The molecule has 0 bridgehead atoms. The van der Waals surface area contributed by atoms with Gasteiger partial charge in [0.25, 0.3) is 0 Å². The van der Waals surface area contributed by atoms with Crippen molar-refractivity contribution in [2.45, 2.75) is 17.4 Å². The fourth-order valence-corrected chi connectivity index (χ4v) is 8.41. The Kier molecular flexibility index (Phi) is 4.25. The highest BCUT2D eigenvalue weighted by Gasteiger charge is 2.58. The summed E-state index contributed by atoms with van der Waals surface area (Å²) in [4.78, 5) is 0. The molecular formula is C39H27N. The van der Waals surface area contributed by atoms with Crippen LogP contribution >= 0.6 is 0 Å². The van der Waals surface area contributed by atoms with Crippen molar-refractivity contribution in [2.24, 2.45) is 5.73 Å². The molecule has 3 aliphatic carbocycles. The standard InChI is InChI=1S/C39H27N/c40-24-25-21-22-29-28-13-3-6-16-32(28)39(37(29)23-25)35-19-9-7-17-33(35)38(34-18-8-10-20-36(34)39)30-14-4-1-11-26(30)27-12-2-5-15-31(27)38/h1-23H,24,40H2. The maximum atomic E-state index is 6.26. The van der Waals surface area contributed by atoms with Crippen molar-refractivity contribution < 1.29 is 0 Å². The van der Waals surface area contributed by atoms with Crippen LogP contribution in [0, 0.1) is 0 Å². The number of hydrogen-bond donors (Lipinski definition) is 1. The minimum absolute atomic E-state index is 0.394. The molecule has 0 amide bonds. The van der Waals surface area contributed by atoms with Gasteiger partial charge in [0.1, 0.15) is 0 Å². The number of nitrogens with two attached hydrogens (primary N) is 1. The van der Waals surface area contributed by atoms with E-state index in [1.807, 2.05) is 0 Å². The van der Waals surface area contributed by atoms with E-state index in [-0.39, 0.29) is 0 Å². The number of hydrogen-bond acceptors (Lipinski definition) is 1. The van der Waals surface area contributed by atoms with Gasteiger partial charge in [0.15, 0.2) is 0 Å². The van der Waals surface area contributed by atoms with Crippen LogP contribution in [0.3, 0.4) is 0 Å². The first-order valence-corrected chi connectivity index (χ1v) is 14.1. The first-order chi connectivity index (χ1) is 19.8. The lowest BCUT2D eigenvalue weighted by Gasteiger charge is -2.48. The molecule has 0 saturated heterocycles. The molecule has 9 rings (SSSR count). The van der Waals surface area contributed by atoms with E-state index in [4.69, 9.17) is 5.73 Å². The third-order valence-electron chi connectivity index (χ3n) is 9.77.